The van der Waals surface area contributed by atoms with Crippen LogP contribution in [0.2, 0.25) is 0 Å². The van der Waals surface area contributed by atoms with Crippen LogP contribution in [0, 0.1) is 0 Å². The van der Waals surface area contributed by atoms with Gasteiger partial charge >= 0.3 is 0 Å². The summed E-state index contributed by atoms with van der Waals surface area (Å²) in [6, 6.07) is 6.49. The molecule has 5 rings (SSSR count). The van der Waals surface area contributed by atoms with Gasteiger partial charge in [-0.1, -0.05) is 6.07 Å². The van der Waals surface area contributed by atoms with Gasteiger partial charge in [-0.15, -0.1) is 11.6 Å². The van der Waals surface area contributed by atoms with Crippen LogP contribution < -0.4 is 10.2 Å². The topological polar surface area (TPSA) is 80.1 Å². The minimum absolute atomic E-state index is 0.167. The van der Waals surface area contributed by atoms with Gasteiger partial charge in [0.25, 0.3) is 0 Å². The van der Waals surface area contributed by atoms with Crippen molar-refractivity contribution in [1.82, 2.24) is 19.9 Å². The van der Waals surface area contributed by atoms with Gasteiger partial charge in [0, 0.05) is 54.5 Å². The molecule has 2 saturated carbocycles. The van der Waals surface area contributed by atoms with Crippen molar-refractivity contribution in [1.29, 1.82) is 0 Å². The second-order valence-electron chi connectivity index (χ2n) is 9.27. The maximum atomic E-state index is 13.7. The first-order valence-electron chi connectivity index (χ1n) is 11.8. The van der Waals surface area contributed by atoms with Crippen LogP contribution in [0.1, 0.15) is 56.2 Å². The van der Waals surface area contributed by atoms with E-state index in [1.807, 2.05) is 24.4 Å². The number of aromatic nitrogens is 3. The minimum Gasteiger partial charge on any atom is -0.351 e. The summed E-state index contributed by atoms with van der Waals surface area (Å²) >= 11 is 6.03. The third-order valence-corrected chi connectivity index (χ3v) is 7.02. The van der Waals surface area contributed by atoms with Crippen LogP contribution in [0.3, 0.4) is 0 Å². The molecule has 0 radical (unpaired) electrons. The predicted molar refractivity (Wildman–Crippen MR) is 129 cm³/mol. The van der Waals surface area contributed by atoms with Gasteiger partial charge < -0.3 is 9.88 Å². The molecule has 1 atom stereocenters. The number of hydrogen-bond acceptors (Lipinski definition) is 4. The van der Waals surface area contributed by atoms with Crippen molar-refractivity contribution in [2.45, 2.75) is 62.6 Å². The van der Waals surface area contributed by atoms with E-state index in [-0.39, 0.29) is 31.6 Å². The maximum absolute atomic E-state index is 13.7. The summed E-state index contributed by atoms with van der Waals surface area (Å²) in [6.45, 7) is 0. The van der Waals surface area contributed by atoms with E-state index in [9.17, 15) is 18.4 Å². The number of alkyl halides is 3. The lowest BCUT2D eigenvalue weighted by molar-refractivity contribution is -0.127. The second kappa shape index (κ2) is 9.53. The molecule has 2 amide bonds. The van der Waals surface area contributed by atoms with Crippen molar-refractivity contribution >= 4 is 40.0 Å². The smallest absolute Gasteiger partial charge is 0.248 e. The zero-order chi connectivity index (χ0) is 24.6. The van der Waals surface area contributed by atoms with Crippen LogP contribution >= 0.6 is 11.6 Å². The van der Waals surface area contributed by atoms with Crippen molar-refractivity contribution in [3.63, 3.8) is 0 Å². The minimum atomic E-state index is -2.71. The van der Waals surface area contributed by atoms with E-state index in [2.05, 4.69) is 19.9 Å². The normalized spacial score (nSPS) is 18.8. The van der Waals surface area contributed by atoms with Gasteiger partial charge in [0.2, 0.25) is 17.7 Å². The van der Waals surface area contributed by atoms with Gasteiger partial charge in [-0.25, -0.2) is 18.7 Å². The molecular weight excluding hydrogens is 476 g/mol. The molecule has 2 aromatic heterocycles. The summed E-state index contributed by atoms with van der Waals surface area (Å²) < 4.78 is 29.5. The molecule has 1 aromatic carbocycles. The Morgan fingerprint density at radius 3 is 2.51 bits per heavy atom. The van der Waals surface area contributed by atoms with Crippen molar-refractivity contribution in [2.75, 3.05) is 10.8 Å². The van der Waals surface area contributed by atoms with E-state index in [1.54, 1.807) is 6.07 Å². The molecule has 2 aliphatic carbocycles. The number of halogens is 3. The number of rotatable bonds is 7. The van der Waals surface area contributed by atoms with Crippen LogP contribution in [-0.4, -0.2) is 44.2 Å². The maximum Gasteiger partial charge on any atom is 0.248 e. The SMILES string of the molecule is O=C(NC1CCC(F)(F)CC1)C(c1cncnc1)N(C(=O)CCl)c1cccc2c1ccn2C1CC1. The second-order valence-corrected chi connectivity index (χ2v) is 9.54. The molecule has 0 bridgehead atoms. The number of amides is 2. The Bertz CT molecular complexity index is 1220. The van der Waals surface area contributed by atoms with Gasteiger partial charge in [0.05, 0.1) is 11.2 Å². The van der Waals surface area contributed by atoms with Crippen LogP contribution in [0.25, 0.3) is 10.9 Å². The summed E-state index contributed by atoms with van der Waals surface area (Å²) in [5.74, 6) is -3.99. The quantitative estimate of drug-likeness (QED) is 0.473. The highest BCUT2D eigenvalue weighted by Crippen LogP contribution is 2.41. The zero-order valence-corrected chi connectivity index (χ0v) is 19.8. The lowest BCUT2D eigenvalue weighted by atomic mass is 9.92. The molecular formula is C25H26ClF2N5O2. The summed E-state index contributed by atoms with van der Waals surface area (Å²) in [6.07, 6.45) is 8.28. The van der Waals surface area contributed by atoms with Crippen molar-refractivity contribution in [3.8, 4) is 0 Å². The third kappa shape index (κ3) is 4.87. The van der Waals surface area contributed by atoms with Gasteiger partial charge in [-0.05, 0) is 43.9 Å². The molecule has 35 heavy (non-hydrogen) atoms. The molecule has 2 fully saturated rings. The highest BCUT2D eigenvalue weighted by Gasteiger charge is 2.39. The summed E-state index contributed by atoms with van der Waals surface area (Å²) in [4.78, 5) is 36.4. The van der Waals surface area contributed by atoms with Gasteiger partial charge in [-0.2, -0.15) is 0 Å². The van der Waals surface area contributed by atoms with Crippen LogP contribution in [-0.2, 0) is 9.59 Å². The molecule has 1 N–H and O–H groups in total. The fourth-order valence-corrected chi connectivity index (χ4v) is 5.00. The standard InChI is InChI=1S/C25H26ClF2N5O2/c26-12-22(34)33(21-3-1-2-20-19(21)8-11-32(20)18-4-5-18)23(16-13-29-15-30-14-16)24(35)31-17-6-9-25(27,28)10-7-17/h1-3,8,11,13-15,17-18,23H,4-7,9-10,12H2,(H,31,35). The van der Waals surface area contributed by atoms with Crippen LogP contribution in [0.4, 0.5) is 14.5 Å². The van der Waals surface area contributed by atoms with Crippen molar-refractivity contribution < 1.29 is 18.4 Å². The van der Waals surface area contributed by atoms with Crippen molar-refractivity contribution in [2.24, 2.45) is 0 Å². The monoisotopic (exact) mass is 501 g/mol. The number of nitrogens with zero attached hydrogens (tertiary/aromatic N) is 4. The van der Waals surface area contributed by atoms with E-state index in [0.717, 1.165) is 23.7 Å². The van der Waals surface area contributed by atoms with Crippen molar-refractivity contribution in [3.05, 3.63) is 54.7 Å². The first-order chi connectivity index (χ1) is 16.9. The average Bonchev–Trinajstić information content (AvgIpc) is 3.61. The molecule has 0 saturated heterocycles. The lowest BCUT2D eigenvalue weighted by Gasteiger charge is -2.34. The summed E-state index contributed by atoms with van der Waals surface area (Å²) in [7, 11) is 0. The Labute approximate surface area is 206 Å². The fraction of sp³-hybridized carbons (Fsp3) is 0.440. The number of hydrogen-bond donors (Lipinski definition) is 1. The molecule has 1 unspecified atom stereocenters. The fourth-order valence-electron chi connectivity index (χ4n) is 4.87. The van der Waals surface area contributed by atoms with E-state index < -0.39 is 29.8 Å². The summed E-state index contributed by atoms with van der Waals surface area (Å²) in [5, 5.41) is 3.72. The molecule has 10 heteroatoms. The Morgan fingerprint density at radius 1 is 1.14 bits per heavy atom. The molecule has 2 heterocycles. The number of carbonyl (C=O) groups excluding carboxylic acids is 2. The molecule has 184 valence electrons. The van der Waals surface area contributed by atoms with Gasteiger partial charge in [-0.3, -0.25) is 14.5 Å². The Kier molecular flexibility index (Phi) is 6.44. The number of nitrogens with one attached hydrogen (secondary N) is 1. The predicted octanol–water partition coefficient (Wildman–Crippen LogP) is 4.77. The Morgan fingerprint density at radius 2 is 1.86 bits per heavy atom. The molecule has 7 nitrogen and oxygen atoms in total. The number of benzene rings is 1. The largest absolute Gasteiger partial charge is 0.351 e. The number of fused-ring (bicyclic) bond motifs is 1. The highest BCUT2D eigenvalue weighted by molar-refractivity contribution is 6.30. The Hall–Kier alpha value is -3.07. The summed E-state index contributed by atoms with van der Waals surface area (Å²) in [5.41, 5.74) is 1.92. The molecule has 0 aliphatic heterocycles. The zero-order valence-electron chi connectivity index (χ0n) is 19.0. The van der Waals surface area contributed by atoms with Gasteiger partial charge in [0.15, 0.2) is 0 Å². The average molecular weight is 502 g/mol. The number of anilines is 1. The highest BCUT2D eigenvalue weighted by atomic mass is 35.5. The first-order valence-corrected chi connectivity index (χ1v) is 12.3. The number of carbonyl (C=O) groups is 2. The lowest BCUT2D eigenvalue weighted by Crippen LogP contribution is -2.48. The van der Waals surface area contributed by atoms with E-state index in [0.29, 0.717) is 17.3 Å². The van der Waals surface area contributed by atoms with Crippen LogP contribution in [0.5, 0.6) is 0 Å². The third-order valence-electron chi connectivity index (χ3n) is 6.79. The Balaban J connectivity index is 1.54. The molecule has 0 spiro atoms. The van der Waals surface area contributed by atoms with E-state index >= 15 is 0 Å². The molecule has 2 aliphatic rings. The van der Waals surface area contributed by atoms with E-state index in [4.69, 9.17) is 11.6 Å². The first kappa shape index (κ1) is 23.7. The van der Waals surface area contributed by atoms with Gasteiger partial charge in [0.1, 0.15) is 18.2 Å². The molecule has 3 aromatic rings. The van der Waals surface area contributed by atoms with E-state index in [1.165, 1.54) is 23.6 Å². The van der Waals surface area contributed by atoms with Crippen LogP contribution in [0.15, 0.2) is 49.2 Å².